The predicted octanol–water partition coefficient (Wildman–Crippen LogP) is 3.07. The quantitative estimate of drug-likeness (QED) is 0.724. The first-order valence-corrected chi connectivity index (χ1v) is 9.38. The van der Waals surface area contributed by atoms with E-state index in [1.54, 1.807) is 12.1 Å². The number of para-hydroxylation sites is 1. The highest BCUT2D eigenvalue weighted by Crippen LogP contribution is 2.32. The summed E-state index contributed by atoms with van der Waals surface area (Å²) >= 11 is 0. The highest BCUT2D eigenvalue weighted by molar-refractivity contribution is 6.11. The van der Waals surface area contributed by atoms with Crippen molar-refractivity contribution in [2.24, 2.45) is 0 Å². The molecule has 0 amide bonds. The molecule has 2 heterocycles. The van der Waals surface area contributed by atoms with E-state index in [0.29, 0.717) is 12.1 Å². The molecule has 4 rings (SSSR count). The van der Waals surface area contributed by atoms with Gasteiger partial charge in [-0.2, -0.15) is 0 Å². The van der Waals surface area contributed by atoms with Crippen LogP contribution in [-0.4, -0.2) is 65.0 Å². The molecule has 2 aromatic carbocycles. The summed E-state index contributed by atoms with van der Waals surface area (Å²) in [6.45, 7) is 6.19. The Morgan fingerprint density at radius 3 is 2.44 bits per heavy atom. The molecule has 1 N–H and O–H groups in total. The van der Waals surface area contributed by atoms with Gasteiger partial charge in [0.15, 0.2) is 5.78 Å². The van der Waals surface area contributed by atoms with Gasteiger partial charge >= 0.3 is 0 Å². The molecule has 0 bridgehead atoms. The third-order valence-electron chi connectivity index (χ3n) is 5.44. The Kier molecular flexibility index (Phi) is 4.72. The highest BCUT2D eigenvalue weighted by Gasteiger charge is 2.24. The van der Waals surface area contributed by atoms with Crippen LogP contribution >= 0.6 is 0 Å². The lowest BCUT2D eigenvalue weighted by atomic mass is 10.1. The molecule has 1 aromatic heterocycles. The van der Waals surface area contributed by atoms with Gasteiger partial charge in [0, 0.05) is 48.5 Å². The van der Waals surface area contributed by atoms with E-state index in [1.807, 2.05) is 43.3 Å². The average Bonchev–Trinajstić information content (AvgIpc) is 2.95. The molecule has 1 aliphatic heterocycles. The number of likely N-dealkylation sites (N-methyl/N-ethyl adjacent to an activating group) is 1. The van der Waals surface area contributed by atoms with Crippen LogP contribution in [-0.2, 0) is 0 Å². The van der Waals surface area contributed by atoms with Crippen molar-refractivity contribution in [1.29, 1.82) is 0 Å². The number of hydrogen-bond donors (Lipinski definition) is 1. The first-order valence-electron chi connectivity index (χ1n) is 9.38. The van der Waals surface area contributed by atoms with Gasteiger partial charge in [0.2, 0.25) is 0 Å². The van der Waals surface area contributed by atoms with Gasteiger partial charge in [-0.15, -0.1) is 0 Å². The van der Waals surface area contributed by atoms with E-state index < -0.39 is 0 Å². The van der Waals surface area contributed by atoms with Crippen molar-refractivity contribution in [3.8, 4) is 11.4 Å². The number of phenolic OH excluding ortho intramolecular Hbond substituents is 1. The van der Waals surface area contributed by atoms with Gasteiger partial charge in [0.25, 0.3) is 0 Å². The Bertz CT molecular complexity index is 970. The fourth-order valence-electron chi connectivity index (χ4n) is 3.96. The fraction of sp³-hybridized carbons (Fsp3) is 0.318. The van der Waals surface area contributed by atoms with Crippen molar-refractivity contribution in [2.45, 2.75) is 6.92 Å². The van der Waals surface area contributed by atoms with Crippen LogP contribution in [0.3, 0.4) is 0 Å². The minimum absolute atomic E-state index is 0.113. The van der Waals surface area contributed by atoms with Gasteiger partial charge in [-0.3, -0.25) is 9.69 Å². The van der Waals surface area contributed by atoms with E-state index in [2.05, 4.69) is 21.4 Å². The monoisotopic (exact) mass is 363 g/mol. The molecular weight excluding hydrogens is 338 g/mol. The topological polar surface area (TPSA) is 48.7 Å². The summed E-state index contributed by atoms with van der Waals surface area (Å²) in [4.78, 5) is 17.7. The van der Waals surface area contributed by atoms with Gasteiger partial charge in [-0.1, -0.05) is 18.2 Å². The van der Waals surface area contributed by atoms with E-state index in [-0.39, 0.29) is 11.5 Å². The van der Waals surface area contributed by atoms with Crippen LogP contribution in [0.25, 0.3) is 16.6 Å². The number of Topliss-reactive ketones (excluding diaryl/α,β-unsaturated/α-hetero) is 1. The maximum Gasteiger partial charge on any atom is 0.179 e. The second-order valence-corrected chi connectivity index (χ2v) is 7.34. The van der Waals surface area contributed by atoms with Crippen molar-refractivity contribution < 1.29 is 9.90 Å². The third-order valence-corrected chi connectivity index (χ3v) is 5.44. The Morgan fingerprint density at radius 1 is 1.04 bits per heavy atom. The zero-order valence-electron chi connectivity index (χ0n) is 15.9. The van der Waals surface area contributed by atoms with Crippen LogP contribution in [0, 0.1) is 6.92 Å². The molecule has 0 radical (unpaired) electrons. The number of benzene rings is 2. The van der Waals surface area contributed by atoms with E-state index in [4.69, 9.17) is 0 Å². The lowest BCUT2D eigenvalue weighted by molar-refractivity contribution is 0.0877. The van der Waals surface area contributed by atoms with Crippen molar-refractivity contribution in [3.63, 3.8) is 0 Å². The van der Waals surface area contributed by atoms with Crippen LogP contribution in [0.2, 0.25) is 0 Å². The summed E-state index contributed by atoms with van der Waals surface area (Å²) in [5, 5.41) is 10.8. The zero-order valence-corrected chi connectivity index (χ0v) is 15.9. The van der Waals surface area contributed by atoms with Gasteiger partial charge in [0.05, 0.1) is 12.1 Å². The summed E-state index contributed by atoms with van der Waals surface area (Å²) in [5.74, 6) is 0.295. The van der Waals surface area contributed by atoms with Crippen LogP contribution in [0.4, 0.5) is 0 Å². The molecule has 5 nitrogen and oxygen atoms in total. The Labute approximate surface area is 159 Å². The molecule has 1 fully saturated rings. The molecule has 0 atom stereocenters. The predicted molar refractivity (Wildman–Crippen MR) is 108 cm³/mol. The SMILES string of the molecule is Cc1c(C(=O)CN2CCN(C)CC2)c2cc(O)ccc2n1-c1ccccc1. The number of hydrogen-bond acceptors (Lipinski definition) is 4. The minimum Gasteiger partial charge on any atom is -0.508 e. The normalized spacial score (nSPS) is 16.1. The number of nitrogens with zero attached hydrogens (tertiary/aromatic N) is 3. The summed E-state index contributed by atoms with van der Waals surface area (Å²) in [6.07, 6.45) is 0. The molecule has 27 heavy (non-hydrogen) atoms. The summed E-state index contributed by atoms with van der Waals surface area (Å²) < 4.78 is 2.10. The van der Waals surface area contributed by atoms with Crippen molar-refractivity contribution in [2.75, 3.05) is 39.8 Å². The fourth-order valence-corrected chi connectivity index (χ4v) is 3.96. The first kappa shape index (κ1) is 17.8. The number of fused-ring (bicyclic) bond motifs is 1. The second-order valence-electron chi connectivity index (χ2n) is 7.34. The van der Waals surface area contributed by atoms with E-state index in [1.165, 1.54) is 0 Å². The molecule has 1 aliphatic rings. The molecule has 0 saturated carbocycles. The average molecular weight is 363 g/mol. The third kappa shape index (κ3) is 3.36. The largest absolute Gasteiger partial charge is 0.508 e. The van der Waals surface area contributed by atoms with Gasteiger partial charge in [-0.05, 0) is 44.3 Å². The maximum absolute atomic E-state index is 13.2. The van der Waals surface area contributed by atoms with Gasteiger partial charge in [0.1, 0.15) is 5.75 Å². The Morgan fingerprint density at radius 2 is 1.74 bits per heavy atom. The Balaban J connectivity index is 1.77. The van der Waals surface area contributed by atoms with Crippen LogP contribution in [0.1, 0.15) is 16.1 Å². The number of carbonyl (C=O) groups excluding carboxylic acids is 1. The van der Waals surface area contributed by atoms with E-state index >= 15 is 0 Å². The van der Waals surface area contributed by atoms with Gasteiger partial charge in [-0.25, -0.2) is 0 Å². The lowest BCUT2D eigenvalue weighted by Gasteiger charge is -2.31. The summed E-state index contributed by atoms with van der Waals surface area (Å²) in [7, 11) is 2.11. The number of aromatic nitrogens is 1. The molecule has 0 aliphatic carbocycles. The zero-order chi connectivity index (χ0) is 19.0. The number of aromatic hydroxyl groups is 1. The maximum atomic E-state index is 13.2. The van der Waals surface area contributed by atoms with Crippen molar-refractivity contribution >= 4 is 16.7 Å². The Hall–Kier alpha value is -2.63. The molecule has 5 heteroatoms. The van der Waals surface area contributed by atoms with E-state index in [9.17, 15) is 9.90 Å². The van der Waals surface area contributed by atoms with Crippen LogP contribution in [0.5, 0.6) is 5.75 Å². The highest BCUT2D eigenvalue weighted by atomic mass is 16.3. The number of piperazine rings is 1. The van der Waals surface area contributed by atoms with Crippen molar-refractivity contribution in [1.82, 2.24) is 14.4 Å². The first-order chi connectivity index (χ1) is 13.0. The van der Waals surface area contributed by atoms with Crippen molar-refractivity contribution in [3.05, 3.63) is 59.8 Å². The van der Waals surface area contributed by atoms with E-state index in [0.717, 1.165) is 48.5 Å². The number of ketones is 1. The van der Waals surface area contributed by atoms with Crippen LogP contribution in [0.15, 0.2) is 48.5 Å². The molecule has 1 saturated heterocycles. The summed E-state index contributed by atoms with van der Waals surface area (Å²) in [6, 6.07) is 15.3. The molecule has 0 spiro atoms. The lowest BCUT2D eigenvalue weighted by Crippen LogP contribution is -2.46. The van der Waals surface area contributed by atoms with Gasteiger partial charge < -0.3 is 14.6 Å². The molecule has 140 valence electrons. The second kappa shape index (κ2) is 7.18. The molecular formula is C22H25N3O2. The summed E-state index contributed by atoms with van der Waals surface area (Å²) in [5.41, 5.74) is 3.59. The smallest absolute Gasteiger partial charge is 0.179 e. The number of rotatable bonds is 4. The minimum atomic E-state index is 0.113. The molecule has 0 unspecified atom stereocenters. The standard InChI is InChI=1S/C22H25N3O2/c1-16-22(21(27)15-24-12-10-23(2)11-13-24)19-14-18(26)8-9-20(19)25(16)17-6-4-3-5-7-17/h3-9,14,26H,10-13,15H2,1-2H3. The number of phenols is 1. The number of carbonyl (C=O) groups is 1. The molecule has 3 aromatic rings. The van der Waals surface area contributed by atoms with Crippen LogP contribution < -0.4 is 0 Å².